The Bertz CT molecular complexity index is 400. The second-order valence-electron chi connectivity index (χ2n) is 4.45. The van der Waals surface area contributed by atoms with Crippen LogP contribution in [0.25, 0.3) is 0 Å². The molecular weight excluding hydrogens is 198 g/mol. The number of nitrogens with one attached hydrogen (secondary N) is 1. The molecule has 16 heavy (non-hydrogen) atoms. The molecule has 0 atom stereocenters. The summed E-state index contributed by atoms with van der Waals surface area (Å²) in [5.74, 6) is 0.795. The average Bonchev–Trinajstić information content (AvgIpc) is 2.81. The van der Waals surface area contributed by atoms with Crippen LogP contribution in [0.3, 0.4) is 0 Å². The summed E-state index contributed by atoms with van der Waals surface area (Å²) >= 11 is 0. The van der Waals surface area contributed by atoms with Crippen LogP contribution in [0.2, 0.25) is 0 Å². The first-order valence-corrected chi connectivity index (χ1v) is 5.83. The van der Waals surface area contributed by atoms with Crippen LogP contribution in [0.4, 0.5) is 11.4 Å². The van der Waals surface area contributed by atoms with Gasteiger partial charge in [-0.1, -0.05) is 12.8 Å². The maximum absolute atomic E-state index is 8.86. The molecule has 0 heterocycles. The lowest BCUT2D eigenvalue weighted by Gasteiger charge is -2.12. The standard InChI is InChI=1S/C13H17N3/c14-8-11-7-12(5-6-13(11)15)16-9-10-3-1-2-4-10/h5-7,10,16H,1-4,9,15H2. The minimum atomic E-state index is 0.550. The van der Waals surface area contributed by atoms with Crippen LogP contribution in [0.15, 0.2) is 18.2 Å². The van der Waals surface area contributed by atoms with E-state index in [1.807, 2.05) is 12.1 Å². The van der Waals surface area contributed by atoms with Crippen molar-refractivity contribution in [2.24, 2.45) is 5.92 Å². The lowest BCUT2D eigenvalue weighted by Crippen LogP contribution is -2.11. The van der Waals surface area contributed by atoms with Crippen molar-refractivity contribution in [2.45, 2.75) is 25.7 Å². The van der Waals surface area contributed by atoms with E-state index >= 15 is 0 Å². The van der Waals surface area contributed by atoms with Crippen molar-refractivity contribution < 1.29 is 0 Å². The summed E-state index contributed by atoms with van der Waals surface area (Å²) < 4.78 is 0. The number of benzene rings is 1. The summed E-state index contributed by atoms with van der Waals surface area (Å²) in [7, 11) is 0. The summed E-state index contributed by atoms with van der Waals surface area (Å²) in [6, 6.07) is 7.65. The predicted molar refractivity (Wildman–Crippen MR) is 66.0 cm³/mol. The van der Waals surface area contributed by atoms with E-state index in [1.165, 1.54) is 25.7 Å². The highest BCUT2D eigenvalue weighted by Gasteiger charge is 2.14. The van der Waals surface area contributed by atoms with Gasteiger partial charge in [-0.15, -0.1) is 0 Å². The zero-order valence-electron chi connectivity index (χ0n) is 9.37. The van der Waals surface area contributed by atoms with Crippen LogP contribution in [0.5, 0.6) is 0 Å². The van der Waals surface area contributed by atoms with Crippen molar-refractivity contribution in [3.8, 4) is 6.07 Å². The van der Waals surface area contributed by atoms with Gasteiger partial charge in [-0.3, -0.25) is 0 Å². The van der Waals surface area contributed by atoms with E-state index in [-0.39, 0.29) is 0 Å². The molecule has 1 aromatic rings. The first kappa shape index (κ1) is 10.8. The lowest BCUT2D eigenvalue weighted by molar-refractivity contribution is 0.580. The molecular formula is C13H17N3. The van der Waals surface area contributed by atoms with Gasteiger partial charge in [0.2, 0.25) is 0 Å². The molecule has 1 aliphatic carbocycles. The molecule has 3 nitrogen and oxygen atoms in total. The van der Waals surface area contributed by atoms with Crippen molar-refractivity contribution in [3.05, 3.63) is 23.8 Å². The molecule has 0 aromatic heterocycles. The van der Waals surface area contributed by atoms with Crippen molar-refractivity contribution in [1.82, 2.24) is 0 Å². The Morgan fingerprint density at radius 2 is 2.12 bits per heavy atom. The van der Waals surface area contributed by atoms with Gasteiger partial charge in [0.25, 0.3) is 0 Å². The molecule has 1 aromatic carbocycles. The maximum Gasteiger partial charge on any atom is 0.101 e. The highest BCUT2D eigenvalue weighted by molar-refractivity contribution is 5.61. The van der Waals surface area contributed by atoms with Crippen LogP contribution in [-0.4, -0.2) is 6.54 Å². The van der Waals surface area contributed by atoms with Crippen molar-refractivity contribution in [1.29, 1.82) is 5.26 Å². The molecule has 2 rings (SSSR count). The molecule has 0 aliphatic heterocycles. The van der Waals surface area contributed by atoms with Crippen molar-refractivity contribution >= 4 is 11.4 Å². The summed E-state index contributed by atoms with van der Waals surface area (Å²) in [5.41, 5.74) is 7.77. The first-order chi connectivity index (χ1) is 7.79. The SMILES string of the molecule is N#Cc1cc(NCC2CCCC2)ccc1N. The van der Waals surface area contributed by atoms with Crippen molar-refractivity contribution in [3.63, 3.8) is 0 Å². The van der Waals surface area contributed by atoms with Gasteiger partial charge in [0.1, 0.15) is 6.07 Å². The molecule has 0 bridgehead atoms. The summed E-state index contributed by atoms with van der Waals surface area (Å²) in [6.45, 7) is 1.01. The molecule has 0 amide bonds. The quantitative estimate of drug-likeness (QED) is 0.762. The average molecular weight is 215 g/mol. The lowest BCUT2D eigenvalue weighted by atomic mass is 10.1. The van der Waals surface area contributed by atoms with E-state index in [0.717, 1.165) is 18.2 Å². The number of nitrogen functional groups attached to an aromatic ring is 1. The number of rotatable bonds is 3. The fourth-order valence-corrected chi connectivity index (χ4v) is 2.24. The number of nitrogens with two attached hydrogens (primary N) is 1. The largest absolute Gasteiger partial charge is 0.398 e. The van der Waals surface area contributed by atoms with Gasteiger partial charge in [-0.25, -0.2) is 0 Å². The Morgan fingerprint density at radius 3 is 2.81 bits per heavy atom. The van der Waals surface area contributed by atoms with Crippen LogP contribution < -0.4 is 11.1 Å². The van der Waals surface area contributed by atoms with Crippen LogP contribution >= 0.6 is 0 Å². The van der Waals surface area contributed by atoms with E-state index in [2.05, 4.69) is 11.4 Å². The Labute approximate surface area is 96.3 Å². The van der Waals surface area contributed by atoms with E-state index in [1.54, 1.807) is 6.07 Å². The minimum Gasteiger partial charge on any atom is -0.398 e. The second-order valence-corrected chi connectivity index (χ2v) is 4.45. The monoisotopic (exact) mass is 215 g/mol. The smallest absolute Gasteiger partial charge is 0.101 e. The molecule has 1 saturated carbocycles. The van der Waals surface area contributed by atoms with E-state index in [4.69, 9.17) is 11.0 Å². The molecule has 3 heteroatoms. The van der Waals surface area contributed by atoms with E-state index < -0.39 is 0 Å². The fourth-order valence-electron chi connectivity index (χ4n) is 2.24. The molecule has 1 aliphatic rings. The Kier molecular flexibility index (Phi) is 3.31. The Balaban J connectivity index is 1.96. The molecule has 0 spiro atoms. The third-order valence-electron chi connectivity index (χ3n) is 3.24. The molecule has 0 unspecified atom stereocenters. The number of nitriles is 1. The molecule has 1 fully saturated rings. The zero-order chi connectivity index (χ0) is 11.4. The Hall–Kier alpha value is -1.69. The van der Waals surface area contributed by atoms with Crippen molar-refractivity contribution in [2.75, 3.05) is 17.6 Å². The van der Waals surface area contributed by atoms with E-state index in [9.17, 15) is 0 Å². The second kappa shape index (κ2) is 4.89. The Morgan fingerprint density at radius 1 is 1.38 bits per heavy atom. The van der Waals surface area contributed by atoms with Crippen LogP contribution in [0, 0.1) is 17.2 Å². The molecule has 84 valence electrons. The van der Waals surface area contributed by atoms with E-state index in [0.29, 0.717) is 11.3 Å². The third-order valence-corrected chi connectivity index (χ3v) is 3.24. The number of anilines is 2. The summed E-state index contributed by atoms with van der Waals surface area (Å²) in [5, 5.41) is 12.2. The molecule has 0 radical (unpaired) electrons. The van der Waals surface area contributed by atoms with Gasteiger partial charge in [-0.2, -0.15) is 5.26 Å². The first-order valence-electron chi connectivity index (χ1n) is 5.83. The van der Waals surface area contributed by atoms with Gasteiger partial charge in [-0.05, 0) is 37.0 Å². The highest BCUT2D eigenvalue weighted by atomic mass is 14.9. The third kappa shape index (κ3) is 2.46. The maximum atomic E-state index is 8.86. The topological polar surface area (TPSA) is 61.8 Å². The van der Waals surface area contributed by atoms with Crippen LogP contribution in [-0.2, 0) is 0 Å². The zero-order valence-corrected chi connectivity index (χ0v) is 9.37. The van der Waals surface area contributed by atoms with Gasteiger partial charge in [0.15, 0.2) is 0 Å². The minimum absolute atomic E-state index is 0.550. The fraction of sp³-hybridized carbons (Fsp3) is 0.462. The van der Waals surface area contributed by atoms with Gasteiger partial charge >= 0.3 is 0 Å². The van der Waals surface area contributed by atoms with Gasteiger partial charge in [0, 0.05) is 17.9 Å². The normalized spacial score (nSPS) is 15.9. The number of nitrogens with zero attached hydrogens (tertiary/aromatic N) is 1. The molecule has 3 N–H and O–H groups in total. The summed E-state index contributed by atoms with van der Waals surface area (Å²) in [4.78, 5) is 0. The van der Waals surface area contributed by atoms with Crippen LogP contribution in [0.1, 0.15) is 31.2 Å². The number of hydrogen-bond donors (Lipinski definition) is 2. The number of hydrogen-bond acceptors (Lipinski definition) is 3. The van der Waals surface area contributed by atoms with Gasteiger partial charge in [0.05, 0.1) is 5.56 Å². The predicted octanol–water partition coefficient (Wildman–Crippen LogP) is 2.74. The highest BCUT2D eigenvalue weighted by Crippen LogP contribution is 2.25. The summed E-state index contributed by atoms with van der Waals surface area (Å²) in [6.07, 6.45) is 5.37. The van der Waals surface area contributed by atoms with Gasteiger partial charge < -0.3 is 11.1 Å². The molecule has 0 saturated heterocycles.